The minimum absolute atomic E-state index is 0.0319. The van der Waals surface area contributed by atoms with E-state index in [0.717, 1.165) is 6.21 Å². The summed E-state index contributed by atoms with van der Waals surface area (Å²) in [5.41, 5.74) is 7.86. The molecule has 2 aromatic carbocycles. The van der Waals surface area contributed by atoms with E-state index >= 15 is 0 Å². The monoisotopic (exact) mass is 457 g/mol. The molecule has 0 saturated heterocycles. The Morgan fingerprint density at radius 3 is 2.78 bits per heavy atom. The van der Waals surface area contributed by atoms with Crippen molar-refractivity contribution in [2.75, 3.05) is 24.8 Å². The van der Waals surface area contributed by atoms with Gasteiger partial charge in [0.25, 0.3) is 5.91 Å². The lowest BCUT2D eigenvalue weighted by atomic mass is 10.1. The summed E-state index contributed by atoms with van der Waals surface area (Å²) >= 11 is 6.31. The maximum absolute atomic E-state index is 11.8. The van der Waals surface area contributed by atoms with E-state index in [9.17, 15) is 4.79 Å². The summed E-state index contributed by atoms with van der Waals surface area (Å²) in [5.74, 6) is 1.43. The molecule has 0 unspecified atom stereocenters. The van der Waals surface area contributed by atoms with Crippen LogP contribution >= 0.6 is 11.6 Å². The summed E-state index contributed by atoms with van der Waals surface area (Å²) in [7, 11) is 1.51. The number of amides is 1. The summed E-state index contributed by atoms with van der Waals surface area (Å²) in [6.45, 7) is 3.63. The van der Waals surface area contributed by atoms with Crippen LogP contribution in [0.15, 0.2) is 30.3 Å². The van der Waals surface area contributed by atoms with Gasteiger partial charge in [0.1, 0.15) is 0 Å². The number of methoxy groups -OCH3 is 1. The third-order valence-corrected chi connectivity index (χ3v) is 4.74. The number of nitrogen functional groups attached to an aromatic ring is 1. The highest BCUT2D eigenvalue weighted by atomic mass is 35.5. The van der Waals surface area contributed by atoms with E-state index in [-0.39, 0.29) is 24.5 Å². The zero-order chi connectivity index (χ0) is 23.3. The lowest BCUT2D eigenvalue weighted by Gasteiger charge is -2.12. The second-order valence-corrected chi connectivity index (χ2v) is 7.46. The lowest BCUT2D eigenvalue weighted by molar-refractivity contribution is -0.123. The SMILES string of the molecule is COc1cc(-c2nc(Nc3ccc(N)c(C=N)c3Cl)n[nH]2)ccc1OCC(=O)NC(C)C. The molecule has 3 rings (SSSR count). The third kappa shape index (κ3) is 5.27. The van der Waals surface area contributed by atoms with E-state index < -0.39 is 0 Å². The molecule has 168 valence electrons. The first kappa shape index (κ1) is 22.9. The molecule has 1 heterocycles. The molecule has 0 spiro atoms. The lowest BCUT2D eigenvalue weighted by Crippen LogP contribution is -2.34. The first-order valence-electron chi connectivity index (χ1n) is 9.70. The van der Waals surface area contributed by atoms with Crippen molar-refractivity contribution >= 4 is 41.0 Å². The number of carbonyl (C=O) groups excluding carboxylic acids is 1. The Hall–Kier alpha value is -3.79. The molecule has 0 bridgehead atoms. The van der Waals surface area contributed by atoms with Crippen molar-refractivity contribution in [1.29, 1.82) is 5.41 Å². The topological polar surface area (TPSA) is 151 Å². The van der Waals surface area contributed by atoms with Crippen molar-refractivity contribution in [3.8, 4) is 22.9 Å². The molecule has 0 fully saturated rings. The minimum atomic E-state index is -0.218. The molecule has 32 heavy (non-hydrogen) atoms. The van der Waals surface area contributed by atoms with E-state index in [2.05, 4.69) is 25.8 Å². The Morgan fingerprint density at radius 1 is 1.31 bits per heavy atom. The highest BCUT2D eigenvalue weighted by molar-refractivity contribution is 6.36. The molecule has 3 aromatic rings. The van der Waals surface area contributed by atoms with Crippen LogP contribution in [0.1, 0.15) is 19.4 Å². The number of hydrogen-bond donors (Lipinski definition) is 5. The van der Waals surface area contributed by atoms with Gasteiger partial charge in [-0.3, -0.25) is 9.89 Å². The highest BCUT2D eigenvalue weighted by Crippen LogP contribution is 2.33. The summed E-state index contributed by atoms with van der Waals surface area (Å²) in [6.07, 6.45) is 1.09. The molecule has 0 atom stereocenters. The molecule has 1 aromatic heterocycles. The van der Waals surface area contributed by atoms with Crippen LogP contribution in [0.4, 0.5) is 17.3 Å². The van der Waals surface area contributed by atoms with Gasteiger partial charge in [0.05, 0.1) is 17.8 Å². The van der Waals surface area contributed by atoms with Crippen molar-refractivity contribution in [2.45, 2.75) is 19.9 Å². The Morgan fingerprint density at radius 2 is 2.09 bits per heavy atom. The number of rotatable bonds is 9. The van der Waals surface area contributed by atoms with Gasteiger partial charge in [-0.1, -0.05) is 11.6 Å². The number of nitrogens with two attached hydrogens (primary N) is 1. The quantitative estimate of drug-likeness (QED) is 0.244. The number of benzene rings is 2. The minimum Gasteiger partial charge on any atom is -0.493 e. The molecule has 0 saturated carbocycles. The number of hydrogen-bond acceptors (Lipinski definition) is 8. The fraction of sp³-hybridized carbons (Fsp3) is 0.238. The second-order valence-electron chi connectivity index (χ2n) is 7.08. The summed E-state index contributed by atoms with van der Waals surface area (Å²) in [6, 6.07) is 8.55. The van der Waals surface area contributed by atoms with E-state index in [4.69, 9.17) is 32.2 Å². The van der Waals surface area contributed by atoms with Gasteiger partial charge < -0.3 is 31.3 Å². The van der Waals surface area contributed by atoms with Crippen molar-refractivity contribution in [2.24, 2.45) is 0 Å². The maximum atomic E-state index is 11.8. The first-order valence-corrected chi connectivity index (χ1v) is 10.1. The smallest absolute Gasteiger partial charge is 0.258 e. The van der Waals surface area contributed by atoms with Crippen LogP contribution in [0.25, 0.3) is 11.4 Å². The van der Waals surface area contributed by atoms with Gasteiger partial charge in [-0.25, -0.2) is 0 Å². The molecule has 0 aliphatic rings. The molecule has 0 radical (unpaired) electrons. The zero-order valence-corrected chi connectivity index (χ0v) is 18.6. The van der Waals surface area contributed by atoms with Gasteiger partial charge in [-0.15, -0.1) is 5.10 Å². The van der Waals surface area contributed by atoms with Crippen LogP contribution in [-0.2, 0) is 4.79 Å². The number of H-pyrrole nitrogens is 1. The molecule has 0 aliphatic heterocycles. The van der Waals surface area contributed by atoms with Crippen LogP contribution in [0.2, 0.25) is 5.02 Å². The Labute approximate surface area is 190 Å². The summed E-state index contributed by atoms with van der Waals surface area (Å²) in [4.78, 5) is 16.2. The standard InChI is InChI=1S/C21H24ClN7O3/c1-11(2)25-18(30)10-32-16-7-4-12(8-17(16)31-3)20-27-21(29-28-20)26-15-6-5-14(24)13(9-23)19(15)22/h4-9,11,23H,10,24H2,1-3H3,(H,25,30)(H2,26,27,28,29). The second kappa shape index (κ2) is 10.0. The number of anilines is 3. The van der Waals surface area contributed by atoms with Crippen LogP contribution < -0.4 is 25.8 Å². The summed E-state index contributed by atoms with van der Waals surface area (Å²) in [5, 5.41) is 20.5. The molecule has 0 aliphatic carbocycles. The average molecular weight is 458 g/mol. The van der Waals surface area contributed by atoms with Crippen molar-refractivity contribution < 1.29 is 14.3 Å². The van der Waals surface area contributed by atoms with Crippen LogP contribution in [0.3, 0.4) is 0 Å². The largest absolute Gasteiger partial charge is 0.493 e. The average Bonchev–Trinajstić information content (AvgIpc) is 3.22. The van der Waals surface area contributed by atoms with Crippen LogP contribution in [-0.4, -0.2) is 47.1 Å². The van der Waals surface area contributed by atoms with Crippen LogP contribution in [0.5, 0.6) is 11.5 Å². The highest BCUT2D eigenvalue weighted by Gasteiger charge is 2.14. The van der Waals surface area contributed by atoms with Gasteiger partial charge in [0.2, 0.25) is 5.95 Å². The predicted molar refractivity (Wildman–Crippen MR) is 124 cm³/mol. The fourth-order valence-electron chi connectivity index (χ4n) is 2.86. The first-order chi connectivity index (χ1) is 15.3. The number of aromatic nitrogens is 3. The number of nitrogens with one attached hydrogen (secondary N) is 4. The van der Waals surface area contributed by atoms with Crippen molar-refractivity contribution in [3.05, 3.63) is 40.9 Å². The predicted octanol–water partition coefficient (Wildman–Crippen LogP) is 3.36. The third-order valence-electron chi connectivity index (χ3n) is 4.34. The number of aromatic amines is 1. The van der Waals surface area contributed by atoms with Crippen molar-refractivity contribution in [1.82, 2.24) is 20.5 Å². The Balaban J connectivity index is 1.76. The molecule has 10 nitrogen and oxygen atoms in total. The molecular formula is C21H24ClN7O3. The molecule has 11 heteroatoms. The Kier molecular flexibility index (Phi) is 7.16. The van der Waals surface area contributed by atoms with Gasteiger partial charge in [0, 0.05) is 29.1 Å². The van der Waals surface area contributed by atoms with Gasteiger partial charge in [0.15, 0.2) is 23.9 Å². The normalized spacial score (nSPS) is 10.7. The number of nitrogens with zero attached hydrogens (tertiary/aromatic N) is 2. The van der Waals surface area contributed by atoms with E-state index in [1.165, 1.54) is 7.11 Å². The number of ether oxygens (including phenoxy) is 2. The van der Waals surface area contributed by atoms with Gasteiger partial charge in [-0.05, 0) is 44.2 Å². The van der Waals surface area contributed by atoms with E-state index in [1.54, 1.807) is 30.3 Å². The van der Waals surface area contributed by atoms with Gasteiger partial charge in [-0.2, -0.15) is 4.98 Å². The number of halogens is 1. The van der Waals surface area contributed by atoms with Crippen LogP contribution in [0, 0.1) is 5.41 Å². The molecular weight excluding hydrogens is 434 g/mol. The fourth-order valence-corrected chi connectivity index (χ4v) is 3.13. The zero-order valence-electron chi connectivity index (χ0n) is 17.8. The van der Waals surface area contributed by atoms with Crippen molar-refractivity contribution in [3.63, 3.8) is 0 Å². The molecule has 1 amide bonds. The molecule has 6 N–H and O–H groups in total. The van der Waals surface area contributed by atoms with Gasteiger partial charge >= 0.3 is 0 Å². The Bertz CT molecular complexity index is 1130. The van der Waals surface area contributed by atoms with E-state index in [1.807, 2.05) is 13.8 Å². The number of carbonyl (C=O) groups is 1. The summed E-state index contributed by atoms with van der Waals surface area (Å²) < 4.78 is 11.0. The maximum Gasteiger partial charge on any atom is 0.258 e. The van der Waals surface area contributed by atoms with E-state index in [0.29, 0.717) is 44.8 Å².